The molecule has 1 atom stereocenters. The van der Waals surface area contributed by atoms with Crippen molar-refractivity contribution >= 4 is 21.6 Å². The Balaban J connectivity index is 2.12. The zero-order valence-electron chi connectivity index (χ0n) is 12.1. The van der Waals surface area contributed by atoms with Gasteiger partial charge >= 0.3 is 11.8 Å². The Labute approximate surface area is 128 Å². The summed E-state index contributed by atoms with van der Waals surface area (Å²) in [5.74, 6) is -3.08. The number of benzene rings is 1. The summed E-state index contributed by atoms with van der Waals surface area (Å²) in [7, 11) is -4.67. The lowest BCUT2D eigenvalue weighted by molar-refractivity contribution is 0.182. The van der Waals surface area contributed by atoms with Crippen LogP contribution in [-0.2, 0) is 9.84 Å². The van der Waals surface area contributed by atoms with Gasteiger partial charge in [-0.3, -0.25) is 0 Å². The molecule has 0 aromatic heterocycles. The van der Waals surface area contributed by atoms with Gasteiger partial charge in [0.2, 0.25) is 9.84 Å². The molecule has 5 nitrogen and oxygen atoms in total. The quantitative estimate of drug-likeness (QED) is 0.925. The lowest BCUT2D eigenvalue weighted by Gasteiger charge is -2.30. The minimum atomic E-state index is -4.67. The lowest BCUT2D eigenvalue weighted by atomic mass is 10.0. The fourth-order valence-electron chi connectivity index (χ4n) is 2.43. The number of alkyl halides is 2. The number of halogens is 2. The molecule has 1 heterocycles. The van der Waals surface area contributed by atoms with Crippen molar-refractivity contribution in [1.29, 1.82) is 0 Å². The highest BCUT2D eigenvalue weighted by atomic mass is 32.2. The van der Waals surface area contributed by atoms with E-state index in [2.05, 4.69) is 12.2 Å². The Morgan fingerprint density at radius 1 is 1.41 bits per heavy atom. The number of urea groups is 1. The van der Waals surface area contributed by atoms with E-state index in [4.69, 9.17) is 0 Å². The van der Waals surface area contributed by atoms with Gasteiger partial charge in [0, 0.05) is 18.8 Å². The number of likely N-dealkylation sites (tertiary alicyclic amines) is 1. The van der Waals surface area contributed by atoms with E-state index in [1.807, 2.05) is 0 Å². The van der Waals surface area contributed by atoms with Gasteiger partial charge in [0.15, 0.2) is 0 Å². The number of amides is 2. The van der Waals surface area contributed by atoms with Crippen molar-refractivity contribution in [1.82, 2.24) is 4.90 Å². The molecular formula is C14H18F2N2O3S. The minimum absolute atomic E-state index is 0.185. The van der Waals surface area contributed by atoms with Crippen LogP contribution in [0.5, 0.6) is 0 Å². The van der Waals surface area contributed by atoms with Gasteiger partial charge in [-0.25, -0.2) is 13.2 Å². The topological polar surface area (TPSA) is 66.5 Å². The first kappa shape index (κ1) is 16.7. The molecule has 0 spiro atoms. The molecule has 0 radical (unpaired) electrons. The van der Waals surface area contributed by atoms with Gasteiger partial charge in [-0.1, -0.05) is 13.0 Å². The average Bonchev–Trinajstić information content (AvgIpc) is 2.47. The number of piperidine rings is 1. The summed E-state index contributed by atoms with van der Waals surface area (Å²) in [5, 5.41) is 2.56. The van der Waals surface area contributed by atoms with Gasteiger partial charge in [0.05, 0.1) is 4.90 Å². The predicted molar refractivity (Wildman–Crippen MR) is 78.6 cm³/mol. The van der Waals surface area contributed by atoms with Crippen LogP contribution in [0.15, 0.2) is 29.2 Å². The van der Waals surface area contributed by atoms with Crippen molar-refractivity contribution in [3.05, 3.63) is 24.3 Å². The Kier molecular flexibility index (Phi) is 5.00. The van der Waals surface area contributed by atoms with E-state index in [1.54, 1.807) is 4.90 Å². The molecule has 2 rings (SSSR count). The van der Waals surface area contributed by atoms with Gasteiger partial charge in [0.25, 0.3) is 0 Å². The third kappa shape index (κ3) is 3.73. The van der Waals surface area contributed by atoms with Crippen LogP contribution in [-0.4, -0.2) is 38.2 Å². The fourth-order valence-corrected chi connectivity index (χ4v) is 3.20. The lowest BCUT2D eigenvalue weighted by Crippen LogP contribution is -2.41. The molecule has 122 valence electrons. The maximum atomic E-state index is 12.5. The minimum Gasteiger partial charge on any atom is -0.324 e. The molecule has 0 aliphatic carbocycles. The van der Waals surface area contributed by atoms with E-state index >= 15 is 0 Å². The number of nitrogens with zero attached hydrogens (tertiary/aromatic N) is 1. The number of nitrogens with one attached hydrogen (secondary N) is 1. The number of carbonyl (C=O) groups is 1. The number of hydrogen-bond donors (Lipinski definition) is 1. The first-order valence-electron chi connectivity index (χ1n) is 6.98. The third-order valence-electron chi connectivity index (χ3n) is 3.59. The van der Waals surface area contributed by atoms with Crippen LogP contribution in [0.3, 0.4) is 0 Å². The molecule has 1 aliphatic heterocycles. The van der Waals surface area contributed by atoms with Crippen LogP contribution in [0.2, 0.25) is 0 Å². The Morgan fingerprint density at radius 3 is 2.77 bits per heavy atom. The monoisotopic (exact) mass is 332 g/mol. The largest absolute Gasteiger partial charge is 0.341 e. The number of anilines is 1. The van der Waals surface area contributed by atoms with Gasteiger partial charge in [-0.15, -0.1) is 0 Å². The van der Waals surface area contributed by atoms with Crippen molar-refractivity contribution in [2.45, 2.75) is 30.4 Å². The van der Waals surface area contributed by atoms with E-state index in [9.17, 15) is 22.0 Å². The van der Waals surface area contributed by atoms with Crippen LogP contribution in [0, 0.1) is 5.92 Å². The van der Waals surface area contributed by atoms with Crippen molar-refractivity contribution in [2.24, 2.45) is 5.92 Å². The molecule has 1 fully saturated rings. The maximum Gasteiger partial charge on any atom is 0.341 e. The molecular weight excluding hydrogens is 314 g/mol. The molecule has 1 aliphatic rings. The smallest absolute Gasteiger partial charge is 0.324 e. The van der Waals surface area contributed by atoms with Gasteiger partial charge in [-0.2, -0.15) is 8.78 Å². The molecule has 8 heteroatoms. The van der Waals surface area contributed by atoms with Crippen LogP contribution >= 0.6 is 0 Å². The molecule has 1 aromatic carbocycles. The average molecular weight is 332 g/mol. The Hall–Kier alpha value is -1.70. The molecule has 22 heavy (non-hydrogen) atoms. The molecule has 0 saturated carbocycles. The van der Waals surface area contributed by atoms with Gasteiger partial charge in [0.1, 0.15) is 0 Å². The summed E-state index contributed by atoms with van der Waals surface area (Å²) in [6.07, 6.45) is 1.97. The maximum absolute atomic E-state index is 12.5. The second-order valence-corrected chi connectivity index (χ2v) is 7.37. The van der Waals surface area contributed by atoms with E-state index < -0.39 is 20.5 Å². The zero-order chi connectivity index (χ0) is 16.3. The third-order valence-corrected chi connectivity index (χ3v) is 4.97. The number of carbonyl (C=O) groups excluding carboxylic acids is 1. The molecule has 1 aromatic rings. The van der Waals surface area contributed by atoms with Crippen LogP contribution in [0.4, 0.5) is 19.3 Å². The van der Waals surface area contributed by atoms with E-state index in [-0.39, 0.29) is 11.7 Å². The van der Waals surface area contributed by atoms with E-state index in [0.29, 0.717) is 19.0 Å². The highest BCUT2D eigenvalue weighted by molar-refractivity contribution is 7.91. The fraction of sp³-hybridized carbons (Fsp3) is 0.500. The normalized spacial score (nSPS) is 19.3. The summed E-state index contributed by atoms with van der Waals surface area (Å²) in [4.78, 5) is 13.3. The number of hydrogen-bond acceptors (Lipinski definition) is 3. The zero-order valence-corrected chi connectivity index (χ0v) is 12.9. The molecule has 0 unspecified atom stereocenters. The summed E-state index contributed by atoms with van der Waals surface area (Å²) in [6, 6.07) is 4.57. The number of sulfone groups is 1. The standard InChI is InChI=1S/C14H18F2N2O3S/c1-10-4-3-7-18(9-10)14(19)17-11-5-2-6-12(8-11)22(20,21)13(15)16/h2,5-6,8,10,13H,3-4,7,9H2,1H3,(H,17,19)/t10-/m1/s1. The molecule has 0 bridgehead atoms. The summed E-state index contributed by atoms with van der Waals surface area (Å²) < 4.78 is 48.0. The van der Waals surface area contributed by atoms with Crippen LogP contribution < -0.4 is 5.32 Å². The summed E-state index contributed by atoms with van der Waals surface area (Å²) in [6.45, 7) is 3.31. The van der Waals surface area contributed by atoms with Crippen molar-refractivity contribution in [3.63, 3.8) is 0 Å². The van der Waals surface area contributed by atoms with Crippen LogP contribution in [0.1, 0.15) is 19.8 Å². The van der Waals surface area contributed by atoms with E-state index in [0.717, 1.165) is 25.0 Å². The Morgan fingerprint density at radius 2 is 2.14 bits per heavy atom. The first-order valence-corrected chi connectivity index (χ1v) is 8.53. The molecule has 1 N–H and O–H groups in total. The van der Waals surface area contributed by atoms with Gasteiger partial charge in [-0.05, 0) is 37.0 Å². The van der Waals surface area contributed by atoms with Crippen molar-refractivity contribution < 1.29 is 22.0 Å². The predicted octanol–water partition coefficient (Wildman–Crippen LogP) is 2.95. The van der Waals surface area contributed by atoms with Crippen molar-refractivity contribution in [3.8, 4) is 0 Å². The highest BCUT2D eigenvalue weighted by Crippen LogP contribution is 2.22. The van der Waals surface area contributed by atoms with Gasteiger partial charge < -0.3 is 10.2 Å². The highest BCUT2D eigenvalue weighted by Gasteiger charge is 2.27. The second-order valence-electron chi connectivity index (χ2n) is 5.46. The van der Waals surface area contributed by atoms with Crippen LogP contribution in [0.25, 0.3) is 0 Å². The SMILES string of the molecule is C[C@@H]1CCCN(C(=O)Nc2cccc(S(=O)(=O)C(F)F)c2)C1. The molecule has 1 saturated heterocycles. The molecule has 2 amide bonds. The summed E-state index contributed by atoms with van der Waals surface area (Å²) >= 11 is 0. The second kappa shape index (κ2) is 6.60. The summed E-state index contributed by atoms with van der Waals surface area (Å²) in [5.41, 5.74) is 0.185. The van der Waals surface area contributed by atoms with E-state index in [1.165, 1.54) is 12.1 Å². The first-order chi connectivity index (χ1) is 10.3. The number of rotatable bonds is 3. The van der Waals surface area contributed by atoms with Crippen molar-refractivity contribution in [2.75, 3.05) is 18.4 Å². The Bertz CT molecular complexity index is 649.